The van der Waals surface area contributed by atoms with Crippen LogP contribution in [0.25, 0.3) is 11.1 Å². The molecule has 0 spiro atoms. The standard InChI is InChI=1S/C32H32F3NO4S2/c1-5-41(31-22(3)15-21(2)16-23(31)4)36(19-27-13-14-29(40-27)32(33,34)35)18-24-9-11-25(12-10-24)26-7-6-8-28(17-26)42(39)20-30(37)38/h5-17H,18-20H2,1-4H3,(H,37,38). The first-order valence-corrected chi connectivity index (χ1v) is 15.7. The van der Waals surface area contributed by atoms with Crippen LogP contribution in [0.4, 0.5) is 13.2 Å². The molecule has 0 aliphatic heterocycles. The van der Waals surface area contributed by atoms with Gasteiger partial charge in [0, 0.05) is 16.3 Å². The summed E-state index contributed by atoms with van der Waals surface area (Å²) >= 11 is 0. The zero-order valence-corrected chi connectivity index (χ0v) is 25.3. The number of carboxylic acid groups (broad SMARTS) is 1. The number of rotatable bonds is 10. The minimum absolute atomic E-state index is 0.176. The Balaban J connectivity index is 1.66. The van der Waals surface area contributed by atoms with Gasteiger partial charge in [-0.2, -0.15) is 13.2 Å². The van der Waals surface area contributed by atoms with Gasteiger partial charge in [-0.3, -0.25) is 9.00 Å². The number of furan rings is 1. The topological polar surface area (TPSA) is 70.8 Å². The van der Waals surface area contributed by atoms with Crippen LogP contribution in [0.1, 0.15) is 40.7 Å². The summed E-state index contributed by atoms with van der Waals surface area (Å²) in [5.41, 5.74) is 6.00. The maximum absolute atomic E-state index is 13.3. The van der Waals surface area contributed by atoms with Crippen molar-refractivity contribution in [1.29, 1.82) is 0 Å². The normalized spacial score (nSPS) is 13.4. The van der Waals surface area contributed by atoms with Crippen molar-refractivity contribution in [2.75, 3.05) is 5.75 Å². The lowest BCUT2D eigenvalue weighted by Gasteiger charge is -2.28. The Bertz CT molecular complexity index is 1620. The van der Waals surface area contributed by atoms with Gasteiger partial charge >= 0.3 is 12.1 Å². The molecule has 1 heterocycles. The predicted octanol–water partition coefficient (Wildman–Crippen LogP) is 8.15. The minimum atomic E-state index is -4.56. The second kappa shape index (κ2) is 13.2. The lowest BCUT2D eigenvalue weighted by molar-refractivity contribution is -0.153. The lowest BCUT2D eigenvalue weighted by atomic mass is 10.0. The highest BCUT2D eigenvalue weighted by atomic mass is 32.2. The van der Waals surface area contributed by atoms with E-state index < -0.39 is 45.1 Å². The van der Waals surface area contributed by atoms with E-state index in [-0.39, 0.29) is 12.3 Å². The average molecular weight is 616 g/mol. The molecule has 1 N–H and O–H groups in total. The van der Waals surface area contributed by atoms with Gasteiger partial charge in [-0.25, -0.2) is 4.31 Å². The Labute approximate surface area is 248 Å². The summed E-state index contributed by atoms with van der Waals surface area (Å²) in [5.74, 6) is -2.38. The Morgan fingerprint density at radius 2 is 1.60 bits per heavy atom. The van der Waals surface area contributed by atoms with Crippen molar-refractivity contribution in [3.63, 3.8) is 0 Å². The molecule has 2 atom stereocenters. The first-order valence-electron chi connectivity index (χ1n) is 13.2. The number of hydrogen-bond donors (Lipinski definition) is 1. The number of halogens is 3. The fourth-order valence-electron chi connectivity index (χ4n) is 4.90. The van der Waals surface area contributed by atoms with Crippen LogP contribution in [-0.4, -0.2) is 30.7 Å². The Morgan fingerprint density at radius 3 is 2.17 bits per heavy atom. The van der Waals surface area contributed by atoms with Crippen LogP contribution in [0.2, 0.25) is 0 Å². The lowest BCUT2D eigenvalue weighted by Crippen LogP contribution is -2.18. The van der Waals surface area contributed by atoms with Crippen molar-refractivity contribution in [3.8, 4) is 11.1 Å². The third-order valence-corrected chi connectivity index (χ3v) is 10.2. The van der Waals surface area contributed by atoms with Gasteiger partial charge in [-0.05, 0) is 85.1 Å². The van der Waals surface area contributed by atoms with Crippen molar-refractivity contribution < 1.29 is 31.7 Å². The van der Waals surface area contributed by atoms with E-state index in [1.54, 1.807) is 18.2 Å². The zero-order chi connectivity index (χ0) is 30.6. The molecule has 0 aliphatic carbocycles. The summed E-state index contributed by atoms with van der Waals surface area (Å²) in [6, 6.07) is 21.3. The van der Waals surface area contributed by atoms with Crippen LogP contribution in [-0.2, 0) is 34.9 Å². The average Bonchev–Trinajstić information content (AvgIpc) is 3.40. The molecule has 2 unspecified atom stereocenters. The monoisotopic (exact) mass is 615 g/mol. The fourth-order valence-corrected chi connectivity index (χ4v) is 7.90. The smallest absolute Gasteiger partial charge is 0.449 e. The van der Waals surface area contributed by atoms with Gasteiger partial charge in [0.2, 0.25) is 5.76 Å². The predicted molar refractivity (Wildman–Crippen MR) is 162 cm³/mol. The number of aliphatic carboxylic acids is 1. The molecule has 4 aromatic rings. The molecule has 0 amide bonds. The Morgan fingerprint density at radius 1 is 0.929 bits per heavy atom. The van der Waals surface area contributed by atoms with Gasteiger partial charge in [0.1, 0.15) is 11.5 Å². The molecule has 0 fully saturated rings. The molecule has 0 saturated carbocycles. The number of aryl methyl sites for hydroxylation is 3. The number of hydrogen-bond acceptors (Lipinski definition) is 4. The molecule has 5 nitrogen and oxygen atoms in total. The van der Waals surface area contributed by atoms with Crippen LogP contribution < -0.4 is 0 Å². The molecule has 42 heavy (non-hydrogen) atoms. The van der Waals surface area contributed by atoms with Gasteiger partial charge in [-0.15, -0.1) is 0 Å². The van der Waals surface area contributed by atoms with Gasteiger partial charge < -0.3 is 9.52 Å². The molecular formula is C32H32F3NO4S2. The van der Waals surface area contributed by atoms with E-state index in [0.29, 0.717) is 11.4 Å². The van der Waals surface area contributed by atoms with Crippen LogP contribution in [0.15, 0.2) is 87.0 Å². The molecule has 0 radical (unpaired) electrons. The fraction of sp³-hybridized carbons (Fsp3) is 0.250. The van der Waals surface area contributed by atoms with Crippen LogP contribution >= 0.6 is 10.7 Å². The second-order valence-corrected chi connectivity index (χ2v) is 13.4. The van der Waals surface area contributed by atoms with Crippen LogP contribution in [0.3, 0.4) is 0 Å². The van der Waals surface area contributed by atoms with E-state index >= 15 is 0 Å². The number of carbonyl (C=O) groups is 1. The van der Waals surface area contributed by atoms with Crippen LogP contribution in [0.5, 0.6) is 0 Å². The summed E-state index contributed by atoms with van der Waals surface area (Å²) in [7, 11) is -2.20. The number of alkyl halides is 3. The van der Waals surface area contributed by atoms with E-state index in [2.05, 4.69) is 35.7 Å². The highest BCUT2D eigenvalue weighted by Gasteiger charge is 2.35. The van der Waals surface area contributed by atoms with Crippen molar-refractivity contribution in [2.45, 2.75) is 56.8 Å². The summed E-state index contributed by atoms with van der Waals surface area (Å²) in [6.45, 7) is 8.73. The van der Waals surface area contributed by atoms with Gasteiger partial charge in [0.25, 0.3) is 0 Å². The maximum atomic E-state index is 13.3. The van der Waals surface area contributed by atoms with Crippen molar-refractivity contribution in [2.24, 2.45) is 0 Å². The molecular weight excluding hydrogens is 583 g/mol. The summed E-state index contributed by atoms with van der Waals surface area (Å²) in [5, 5.41) is 11.1. The molecule has 4 rings (SSSR count). The summed E-state index contributed by atoms with van der Waals surface area (Å²) < 4.78 is 59.5. The van der Waals surface area contributed by atoms with Gasteiger partial charge in [-0.1, -0.05) is 64.8 Å². The zero-order valence-electron chi connectivity index (χ0n) is 23.7. The molecule has 0 saturated heterocycles. The minimum Gasteiger partial charge on any atom is -0.481 e. The maximum Gasteiger partial charge on any atom is 0.449 e. The number of carboxylic acids is 1. The molecule has 1 aromatic heterocycles. The molecule has 222 valence electrons. The van der Waals surface area contributed by atoms with E-state index in [1.165, 1.54) is 6.07 Å². The summed E-state index contributed by atoms with van der Waals surface area (Å²) in [4.78, 5) is 12.6. The molecule has 10 heteroatoms. The third-order valence-electron chi connectivity index (χ3n) is 6.59. The van der Waals surface area contributed by atoms with Gasteiger partial charge in [0.15, 0.2) is 0 Å². The van der Waals surface area contributed by atoms with E-state index in [9.17, 15) is 22.2 Å². The molecule has 0 bridgehead atoms. The van der Waals surface area contributed by atoms with Crippen molar-refractivity contribution in [1.82, 2.24) is 4.31 Å². The summed E-state index contributed by atoms with van der Waals surface area (Å²) in [6.07, 6.45) is -4.56. The number of nitrogens with zero attached hydrogens (tertiary/aromatic N) is 1. The Hall–Kier alpha value is -3.47. The second-order valence-electron chi connectivity index (χ2n) is 9.95. The third kappa shape index (κ3) is 7.67. The van der Waals surface area contributed by atoms with Crippen molar-refractivity contribution >= 4 is 32.8 Å². The highest BCUT2D eigenvalue weighted by molar-refractivity contribution is 8.13. The van der Waals surface area contributed by atoms with Crippen LogP contribution in [0, 0.1) is 20.8 Å². The molecule has 3 aromatic carbocycles. The Kier molecular flexibility index (Phi) is 9.91. The molecule has 0 aliphatic rings. The van der Waals surface area contributed by atoms with Crippen molar-refractivity contribution in [3.05, 3.63) is 107 Å². The first kappa shape index (κ1) is 31.5. The SMILES string of the molecule is C/C=S(\c1c(C)cc(C)cc1C)N(Cc1ccc(-c2cccc(S(=O)CC(=O)O)c2)cc1)Cc1ccc(C(F)(F)F)o1. The first-order chi connectivity index (χ1) is 19.8. The van der Waals surface area contributed by atoms with E-state index in [4.69, 9.17) is 9.52 Å². The largest absolute Gasteiger partial charge is 0.481 e. The van der Waals surface area contributed by atoms with E-state index in [1.807, 2.05) is 44.2 Å². The van der Waals surface area contributed by atoms with E-state index in [0.717, 1.165) is 44.3 Å². The number of benzene rings is 3. The highest BCUT2D eigenvalue weighted by Crippen LogP contribution is 2.39. The quantitative estimate of drug-likeness (QED) is 0.182. The van der Waals surface area contributed by atoms with Gasteiger partial charge in [0.05, 0.1) is 17.3 Å².